The van der Waals surface area contributed by atoms with Crippen LogP contribution in [-0.2, 0) is 63.8 Å². The molecule has 19 N–H and O–H groups in total. The highest BCUT2D eigenvalue weighted by Gasteiger charge is 2.52. The van der Waals surface area contributed by atoms with Crippen LogP contribution in [0.5, 0.6) is 69.0 Å². The van der Waals surface area contributed by atoms with Crippen LogP contribution in [0.1, 0.15) is 140 Å². The molecular formula is C85H92Cl2N8O29. The summed E-state index contributed by atoms with van der Waals surface area (Å²) in [6.07, 6.45) is -15.7. The zero-order chi connectivity index (χ0) is 89.1. The number of methoxy groups -OCH3 is 1. The lowest BCUT2D eigenvalue weighted by Crippen LogP contribution is -2.66. The second-order valence-electron chi connectivity index (χ2n) is 31.4. The number of rotatable bonds is 18. The zero-order valence-electron chi connectivity index (χ0n) is 67.0. The Kier molecular flexibility index (Phi) is 27.6. The summed E-state index contributed by atoms with van der Waals surface area (Å²) in [5.74, 6) is -18.0. The zero-order valence-corrected chi connectivity index (χ0v) is 68.5. The van der Waals surface area contributed by atoms with Crippen LogP contribution in [0.15, 0.2) is 115 Å². The molecule has 0 saturated carbocycles. The number of fused-ring (bicyclic) bond motifs is 14. The molecule has 39 heteroatoms. The monoisotopic (exact) mass is 1760 g/mol. The molecule has 15 rings (SSSR count). The number of nitrogens with zero attached hydrogens (tertiary/aromatic N) is 1. The van der Waals surface area contributed by atoms with Crippen LogP contribution < -0.4 is 60.9 Å². The normalized spacial score (nSPS) is 26.3. The number of aliphatic hydroxyl groups excluding tert-OH is 7. The molecule has 8 aliphatic rings. The molecule has 37 nitrogen and oxygen atoms in total. The first-order chi connectivity index (χ1) is 59.1. The van der Waals surface area contributed by atoms with Crippen LogP contribution in [-0.4, -0.2) is 221 Å². The molecular weight excluding hydrogens is 1670 g/mol. The summed E-state index contributed by atoms with van der Waals surface area (Å²) in [5, 5.41) is 155. The highest BCUT2D eigenvalue weighted by molar-refractivity contribution is 6.33. The SMILES string of the molecule is COC(=O)[C@H]1O[C@@H](Oc2c3cc4cc2Oc2ccc(cc2Cl)[C@@H](O)[C@@H]2NC(=O)[C@H](NC(=O)[C@@H]4NC(=O)[C@H]4NC(=O)[C@@H](Cc5ccc(cc5)O3)NC(=O)[C@H](N(C)C)c3ccc(O)c(c3)Oc3cc(O)c(Cl)c4c3)c3ccc(O)c(c3)-c3c(O[C@H]4O[C@H](CO)[C@@H](O)[C@H](O)[C@@H]4O)cc(O)cc3[C@@H](C(=O)O)NC2=O)[C@H](NC(=O)CCCCCCCCC(C)C)[C@@H](O)[C@@H]1O. The van der Waals surface area contributed by atoms with E-state index in [0.717, 1.165) is 112 Å². The van der Waals surface area contributed by atoms with Gasteiger partial charge in [0.15, 0.2) is 35.1 Å². The fraction of sp³-hybridized carbons (Fsp3) is 0.400. The molecule has 8 aliphatic heterocycles. The van der Waals surface area contributed by atoms with Crippen molar-refractivity contribution in [1.29, 1.82) is 0 Å². The number of nitrogens with one attached hydrogen (secondary N) is 7. The van der Waals surface area contributed by atoms with Crippen molar-refractivity contribution >= 4 is 76.5 Å². The maximum absolute atomic E-state index is 16.7. The average molecular weight is 1760 g/mol. The number of halogens is 2. The number of aliphatic carboxylic acids is 1. The first-order valence-electron chi connectivity index (χ1n) is 39.7. The Morgan fingerprint density at radius 2 is 1.19 bits per heavy atom. The van der Waals surface area contributed by atoms with E-state index in [-0.39, 0.29) is 34.8 Å². The van der Waals surface area contributed by atoms with Crippen LogP contribution in [0, 0.1) is 5.92 Å². The highest BCUT2D eigenvalue weighted by Crippen LogP contribution is 2.51. The lowest BCUT2D eigenvalue weighted by Gasteiger charge is -2.41. The summed E-state index contributed by atoms with van der Waals surface area (Å²) >= 11 is 14.2. The van der Waals surface area contributed by atoms with Crippen LogP contribution in [0.25, 0.3) is 11.1 Å². The molecule has 124 heavy (non-hydrogen) atoms. The summed E-state index contributed by atoms with van der Waals surface area (Å²) in [6, 6.07) is 4.99. The van der Waals surface area contributed by atoms with E-state index in [0.29, 0.717) is 24.3 Å². The van der Waals surface area contributed by atoms with Crippen molar-refractivity contribution in [1.82, 2.24) is 42.1 Å². The minimum atomic E-state index is -2.45. The van der Waals surface area contributed by atoms with Crippen molar-refractivity contribution in [2.75, 3.05) is 27.8 Å². The van der Waals surface area contributed by atoms with E-state index in [1.54, 1.807) is 14.1 Å². The molecule has 660 valence electrons. The second-order valence-corrected chi connectivity index (χ2v) is 32.2. The third-order valence-corrected chi connectivity index (χ3v) is 22.7. The first kappa shape index (κ1) is 89.9. The van der Waals surface area contributed by atoms with Gasteiger partial charge in [-0.05, 0) is 127 Å². The smallest absolute Gasteiger partial charge is 0.337 e. The second kappa shape index (κ2) is 38.1. The standard InChI is InChI=1S/C85H92Cl2N8O29/c1-35(2)12-10-8-6-7-9-11-13-58(101)89-66-70(104)72(106)75(83(116)117-5)124-84(66)123-74-55-28-40-29-56(74)120-52-23-18-39(26-47(52)86)68(102)65-80(112)93-64(82(114)115)45-30-41(97)31-54(121-85-73(107)71(105)69(103)57(34-96)122-85)59(45)44-25-37(16-21-49(44)98)61(77(109)94-65)90-78(110)62(40)91-79(111)63-46-32-43(33-51(100)60(46)87)119-53-27-38(17-22-50(53)99)67(95(3)4)81(113)88-48(76(108)92-63)24-36-14-19-42(118-55)20-15-36/h14-23,25-33,35,48,57,61-73,75,84-85,96-100,102-107H,6-13,24,34H2,1-5H3,(H,88,113)(H,89,101)(H,90,110)(H,91,111)(H,92,108)(H,93,112)(H,94,109)(H,114,115)/t48-,57-,61-,62-,63+,64+,65+,66-,67-,68-,69-,70-,71+,72+,73+,75+,84-,85+/m1/s1. The lowest BCUT2D eigenvalue weighted by molar-refractivity contribution is -0.277. The van der Waals surface area contributed by atoms with E-state index in [1.165, 1.54) is 47.4 Å². The molecule has 2 fully saturated rings. The maximum atomic E-state index is 16.7. The van der Waals surface area contributed by atoms with Crippen LogP contribution >= 0.6 is 23.2 Å². The number of aromatic hydroxyl groups is 4. The molecule has 7 amide bonds. The van der Waals surface area contributed by atoms with Crippen molar-refractivity contribution < 1.29 is 142 Å². The lowest BCUT2D eigenvalue weighted by atomic mass is 9.89. The topological polar surface area (TPSA) is 558 Å². The Balaban J connectivity index is 1.04. The molecule has 7 aromatic rings. The number of phenols is 4. The Hall–Kier alpha value is -11.8. The number of hydrogen-bond acceptors (Lipinski definition) is 29. The van der Waals surface area contributed by atoms with Gasteiger partial charge in [0.2, 0.25) is 59.7 Å². The van der Waals surface area contributed by atoms with Gasteiger partial charge in [-0.1, -0.05) is 106 Å². The number of carboxylic acid groups (broad SMARTS) is 1. The van der Waals surface area contributed by atoms with Crippen LogP contribution in [0.2, 0.25) is 10.0 Å². The summed E-state index contributed by atoms with van der Waals surface area (Å²) in [7, 11) is 4.06. The molecule has 0 aliphatic carbocycles. The molecule has 7 aromatic carbocycles. The number of carbonyl (C=O) groups is 9. The van der Waals surface area contributed by atoms with Crippen LogP contribution in [0.3, 0.4) is 0 Å². The Labute approximate surface area is 717 Å². The molecule has 0 unspecified atom stereocenters. The van der Waals surface area contributed by atoms with E-state index in [9.17, 15) is 80.5 Å². The quantitative estimate of drug-likeness (QED) is 0.0412. The van der Waals surface area contributed by atoms with E-state index in [4.69, 9.17) is 61.1 Å². The highest BCUT2D eigenvalue weighted by atomic mass is 35.5. The molecule has 0 radical (unpaired) electrons. The number of carbonyl (C=O) groups excluding carboxylic acids is 8. The van der Waals surface area contributed by atoms with E-state index >= 15 is 24.0 Å². The Bertz CT molecular complexity index is 5250. The van der Waals surface area contributed by atoms with Crippen molar-refractivity contribution in [3.8, 4) is 80.1 Å². The van der Waals surface area contributed by atoms with Gasteiger partial charge in [-0.2, -0.15) is 0 Å². The summed E-state index contributed by atoms with van der Waals surface area (Å²) in [4.78, 5) is 138. The number of phenolic OH excluding ortho intramolecular Hbond substituents is 4. The van der Waals surface area contributed by atoms with Crippen LogP contribution in [0.4, 0.5) is 0 Å². The number of esters is 1. The van der Waals surface area contributed by atoms with Gasteiger partial charge < -0.3 is 136 Å². The van der Waals surface area contributed by atoms with Gasteiger partial charge in [-0.3, -0.25) is 38.5 Å². The minimum Gasteiger partial charge on any atom is -0.508 e. The predicted molar refractivity (Wildman–Crippen MR) is 433 cm³/mol. The Morgan fingerprint density at radius 1 is 0.556 bits per heavy atom. The predicted octanol–water partition coefficient (Wildman–Crippen LogP) is 4.62. The van der Waals surface area contributed by atoms with Gasteiger partial charge >= 0.3 is 11.9 Å². The number of hydrogen-bond donors (Lipinski definition) is 19. The van der Waals surface area contributed by atoms with Crippen molar-refractivity contribution in [2.45, 2.75) is 181 Å². The van der Waals surface area contributed by atoms with E-state index < -0.39 is 271 Å². The van der Waals surface area contributed by atoms with Crippen molar-refractivity contribution in [3.05, 3.63) is 164 Å². The number of unbranched alkanes of at least 4 members (excludes halogenated alkanes) is 5. The van der Waals surface area contributed by atoms with Crippen molar-refractivity contribution in [2.24, 2.45) is 5.92 Å². The average Bonchev–Trinajstić information content (AvgIpc) is 0.755. The molecule has 0 aromatic heterocycles. The number of likely N-dealkylation sites (N-methyl/N-ethyl adjacent to an activating group) is 1. The van der Waals surface area contributed by atoms with Crippen molar-refractivity contribution in [3.63, 3.8) is 0 Å². The molecule has 2 saturated heterocycles. The van der Waals surface area contributed by atoms with E-state index in [1.807, 2.05) is 0 Å². The number of carboxylic acids is 1. The minimum absolute atomic E-state index is 0.127. The largest absolute Gasteiger partial charge is 0.508 e. The maximum Gasteiger partial charge on any atom is 0.337 e. The third-order valence-electron chi connectivity index (χ3n) is 22.0. The summed E-state index contributed by atoms with van der Waals surface area (Å²) in [6.45, 7) is 3.28. The molecule has 0 spiro atoms. The van der Waals surface area contributed by atoms with Gasteiger partial charge in [0.1, 0.15) is 125 Å². The van der Waals surface area contributed by atoms with Gasteiger partial charge in [-0.15, -0.1) is 0 Å². The first-order valence-corrected chi connectivity index (χ1v) is 40.4. The number of amides is 7. The third kappa shape index (κ3) is 19.4. The summed E-state index contributed by atoms with van der Waals surface area (Å²) < 4.78 is 49.5. The fourth-order valence-corrected chi connectivity index (χ4v) is 16.0. The molecule has 18 atom stereocenters. The van der Waals surface area contributed by atoms with Gasteiger partial charge in [0, 0.05) is 47.2 Å². The number of ether oxygens (including phenoxy) is 8. The van der Waals surface area contributed by atoms with Gasteiger partial charge in [-0.25, -0.2) is 9.59 Å². The fourth-order valence-electron chi connectivity index (χ4n) is 15.5. The van der Waals surface area contributed by atoms with E-state index in [2.05, 4.69) is 51.1 Å². The molecule has 8 heterocycles. The number of aliphatic hydroxyl groups is 7. The van der Waals surface area contributed by atoms with Gasteiger partial charge in [0.25, 0.3) is 0 Å². The number of benzene rings is 7. The summed E-state index contributed by atoms with van der Waals surface area (Å²) in [5.41, 5.74) is -3.15. The Morgan fingerprint density at radius 3 is 1.88 bits per heavy atom. The van der Waals surface area contributed by atoms with Gasteiger partial charge in [0.05, 0.1) is 23.8 Å². The molecule has 17 bridgehead atoms.